The van der Waals surface area contributed by atoms with E-state index in [0.717, 1.165) is 28.8 Å². The molecular formula is C14H18BrN3O. The van der Waals surface area contributed by atoms with Crippen LogP contribution in [0.25, 0.3) is 0 Å². The van der Waals surface area contributed by atoms with E-state index < -0.39 is 0 Å². The van der Waals surface area contributed by atoms with Crippen molar-refractivity contribution < 1.29 is 5.11 Å². The van der Waals surface area contributed by atoms with Crippen molar-refractivity contribution in [2.24, 2.45) is 0 Å². The Morgan fingerprint density at radius 2 is 2.05 bits per heavy atom. The minimum Gasteiger partial charge on any atom is -0.396 e. The van der Waals surface area contributed by atoms with E-state index in [9.17, 15) is 5.11 Å². The number of rotatable bonds is 6. The van der Waals surface area contributed by atoms with Crippen molar-refractivity contribution in [3.8, 4) is 0 Å². The second-order valence-electron chi connectivity index (χ2n) is 4.53. The SMILES string of the molecule is CCCn1ncnc1CC(CO)c1ccc(Br)cc1. The number of nitrogens with zero attached hydrogens (tertiary/aromatic N) is 3. The fraction of sp³-hybridized carbons (Fsp3) is 0.429. The average molecular weight is 324 g/mol. The third-order valence-corrected chi connectivity index (χ3v) is 3.65. The number of aliphatic hydroxyl groups is 1. The van der Waals surface area contributed by atoms with Crippen molar-refractivity contribution in [3.63, 3.8) is 0 Å². The lowest BCUT2D eigenvalue weighted by Crippen LogP contribution is -2.13. The third-order valence-electron chi connectivity index (χ3n) is 3.12. The first-order valence-electron chi connectivity index (χ1n) is 6.47. The molecular weight excluding hydrogens is 306 g/mol. The fourth-order valence-corrected chi connectivity index (χ4v) is 2.35. The lowest BCUT2D eigenvalue weighted by atomic mass is 9.96. The predicted molar refractivity (Wildman–Crippen MR) is 78.0 cm³/mol. The Hall–Kier alpha value is -1.20. The maximum atomic E-state index is 9.60. The van der Waals surface area contributed by atoms with Crippen LogP contribution in [0.2, 0.25) is 0 Å². The van der Waals surface area contributed by atoms with Crippen LogP contribution in [0.1, 0.15) is 30.7 Å². The van der Waals surface area contributed by atoms with Gasteiger partial charge in [-0.15, -0.1) is 0 Å². The number of aromatic nitrogens is 3. The monoisotopic (exact) mass is 323 g/mol. The van der Waals surface area contributed by atoms with Crippen molar-refractivity contribution in [1.29, 1.82) is 0 Å². The number of aliphatic hydroxyl groups excluding tert-OH is 1. The van der Waals surface area contributed by atoms with Crippen molar-refractivity contribution >= 4 is 15.9 Å². The normalized spacial score (nSPS) is 12.6. The van der Waals surface area contributed by atoms with Crippen LogP contribution in [0, 0.1) is 0 Å². The largest absolute Gasteiger partial charge is 0.396 e. The van der Waals surface area contributed by atoms with Crippen molar-refractivity contribution in [3.05, 3.63) is 46.5 Å². The van der Waals surface area contributed by atoms with Crippen LogP contribution < -0.4 is 0 Å². The predicted octanol–water partition coefficient (Wildman–Crippen LogP) is 2.77. The molecule has 1 aromatic heterocycles. The van der Waals surface area contributed by atoms with Gasteiger partial charge in [-0.2, -0.15) is 5.10 Å². The highest BCUT2D eigenvalue weighted by Gasteiger charge is 2.15. The van der Waals surface area contributed by atoms with Crippen LogP contribution in [-0.2, 0) is 13.0 Å². The summed E-state index contributed by atoms with van der Waals surface area (Å²) in [4.78, 5) is 4.30. The number of aryl methyl sites for hydroxylation is 1. The van der Waals surface area contributed by atoms with Crippen LogP contribution in [0.4, 0.5) is 0 Å². The summed E-state index contributed by atoms with van der Waals surface area (Å²) < 4.78 is 2.96. The lowest BCUT2D eigenvalue weighted by Gasteiger charge is -2.14. The number of hydrogen-bond donors (Lipinski definition) is 1. The van der Waals surface area contributed by atoms with Gasteiger partial charge in [0.1, 0.15) is 12.2 Å². The van der Waals surface area contributed by atoms with Gasteiger partial charge in [0.25, 0.3) is 0 Å². The van der Waals surface area contributed by atoms with Gasteiger partial charge < -0.3 is 5.11 Å². The van der Waals surface area contributed by atoms with E-state index in [0.29, 0.717) is 6.42 Å². The van der Waals surface area contributed by atoms with Gasteiger partial charge in [-0.1, -0.05) is 35.0 Å². The minimum atomic E-state index is 0.0629. The average Bonchev–Trinajstić information content (AvgIpc) is 2.85. The van der Waals surface area contributed by atoms with Gasteiger partial charge in [0.15, 0.2) is 0 Å². The maximum Gasteiger partial charge on any atom is 0.138 e. The van der Waals surface area contributed by atoms with Crippen LogP contribution in [-0.4, -0.2) is 26.5 Å². The summed E-state index contributed by atoms with van der Waals surface area (Å²) in [5, 5.41) is 13.8. The summed E-state index contributed by atoms with van der Waals surface area (Å²) in [6.07, 6.45) is 3.32. The first-order chi connectivity index (χ1) is 9.24. The van der Waals surface area contributed by atoms with Crippen LogP contribution in [0.3, 0.4) is 0 Å². The minimum absolute atomic E-state index is 0.0629. The Morgan fingerprint density at radius 3 is 2.68 bits per heavy atom. The lowest BCUT2D eigenvalue weighted by molar-refractivity contribution is 0.262. The zero-order valence-corrected chi connectivity index (χ0v) is 12.5. The smallest absolute Gasteiger partial charge is 0.138 e. The van der Waals surface area contributed by atoms with Gasteiger partial charge in [-0.3, -0.25) is 4.68 Å². The van der Waals surface area contributed by atoms with E-state index in [-0.39, 0.29) is 12.5 Å². The molecule has 1 heterocycles. The standard InChI is InChI=1S/C14H18BrN3O/c1-2-7-18-14(16-10-17-18)8-12(9-19)11-3-5-13(15)6-4-11/h3-6,10,12,19H,2,7-9H2,1H3. The highest BCUT2D eigenvalue weighted by molar-refractivity contribution is 9.10. The Balaban J connectivity index is 2.14. The zero-order valence-electron chi connectivity index (χ0n) is 11.0. The number of benzene rings is 1. The van der Waals surface area contributed by atoms with Gasteiger partial charge in [0.2, 0.25) is 0 Å². The van der Waals surface area contributed by atoms with E-state index in [1.807, 2.05) is 28.9 Å². The fourth-order valence-electron chi connectivity index (χ4n) is 2.09. The highest BCUT2D eigenvalue weighted by Crippen LogP contribution is 2.21. The summed E-state index contributed by atoms with van der Waals surface area (Å²) >= 11 is 3.42. The number of hydrogen-bond acceptors (Lipinski definition) is 3. The second kappa shape index (κ2) is 6.82. The Morgan fingerprint density at radius 1 is 1.32 bits per heavy atom. The molecule has 102 valence electrons. The molecule has 0 aliphatic carbocycles. The summed E-state index contributed by atoms with van der Waals surface area (Å²) in [6.45, 7) is 3.10. The topological polar surface area (TPSA) is 50.9 Å². The van der Waals surface area contributed by atoms with Gasteiger partial charge in [0.05, 0.1) is 6.61 Å². The molecule has 0 spiro atoms. The molecule has 0 saturated carbocycles. The summed E-state index contributed by atoms with van der Waals surface area (Å²) in [5.74, 6) is 0.997. The highest BCUT2D eigenvalue weighted by atomic mass is 79.9. The van der Waals surface area contributed by atoms with Crippen molar-refractivity contribution in [1.82, 2.24) is 14.8 Å². The molecule has 1 aromatic carbocycles. The van der Waals surface area contributed by atoms with Crippen LogP contribution >= 0.6 is 15.9 Å². The van der Waals surface area contributed by atoms with E-state index in [1.54, 1.807) is 6.33 Å². The summed E-state index contributed by atoms with van der Waals surface area (Å²) in [7, 11) is 0. The quantitative estimate of drug-likeness (QED) is 0.889. The van der Waals surface area contributed by atoms with E-state index in [4.69, 9.17) is 0 Å². The van der Waals surface area contributed by atoms with Gasteiger partial charge in [0, 0.05) is 23.4 Å². The molecule has 2 rings (SSSR count). The Bertz CT molecular complexity index is 510. The third kappa shape index (κ3) is 3.64. The Labute approximate surface area is 121 Å². The van der Waals surface area contributed by atoms with Gasteiger partial charge in [-0.05, 0) is 24.1 Å². The van der Waals surface area contributed by atoms with Crippen LogP contribution in [0.5, 0.6) is 0 Å². The van der Waals surface area contributed by atoms with E-state index in [2.05, 4.69) is 32.9 Å². The molecule has 0 aliphatic heterocycles. The molecule has 2 aromatic rings. The molecule has 0 bridgehead atoms. The maximum absolute atomic E-state index is 9.60. The summed E-state index contributed by atoms with van der Waals surface area (Å²) in [5.41, 5.74) is 1.12. The first-order valence-corrected chi connectivity index (χ1v) is 7.27. The van der Waals surface area contributed by atoms with E-state index in [1.165, 1.54) is 0 Å². The number of halogens is 1. The van der Waals surface area contributed by atoms with Gasteiger partial charge in [-0.25, -0.2) is 4.98 Å². The van der Waals surface area contributed by atoms with Gasteiger partial charge >= 0.3 is 0 Å². The molecule has 4 nitrogen and oxygen atoms in total. The molecule has 5 heteroatoms. The molecule has 1 N–H and O–H groups in total. The molecule has 1 atom stereocenters. The zero-order chi connectivity index (χ0) is 13.7. The van der Waals surface area contributed by atoms with Crippen molar-refractivity contribution in [2.75, 3.05) is 6.61 Å². The summed E-state index contributed by atoms with van der Waals surface area (Å²) in [6, 6.07) is 8.06. The van der Waals surface area contributed by atoms with Crippen molar-refractivity contribution in [2.45, 2.75) is 32.2 Å². The molecule has 0 aliphatic rings. The molecule has 0 saturated heterocycles. The Kier molecular flexibility index (Phi) is 5.10. The molecule has 19 heavy (non-hydrogen) atoms. The van der Waals surface area contributed by atoms with E-state index >= 15 is 0 Å². The molecule has 0 amide bonds. The first kappa shape index (κ1) is 14.2. The second-order valence-corrected chi connectivity index (χ2v) is 5.45. The molecule has 1 unspecified atom stereocenters. The molecule has 0 fully saturated rings. The van der Waals surface area contributed by atoms with Crippen LogP contribution in [0.15, 0.2) is 35.1 Å². The molecule has 0 radical (unpaired) electrons.